The van der Waals surface area contributed by atoms with Crippen LogP contribution in [-0.2, 0) is 11.2 Å². The van der Waals surface area contributed by atoms with Crippen LogP contribution in [0.4, 0.5) is 5.69 Å². The van der Waals surface area contributed by atoms with E-state index in [2.05, 4.69) is 5.32 Å². The Morgan fingerprint density at radius 1 is 1.25 bits per heavy atom. The average molecular weight is 270 g/mol. The Labute approximate surface area is 118 Å². The largest absolute Gasteiger partial charge is 0.508 e. The highest BCUT2D eigenvalue weighted by molar-refractivity contribution is 5.92. The summed E-state index contributed by atoms with van der Waals surface area (Å²) in [4.78, 5) is 12.0. The molecule has 1 unspecified atom stereocenters. The summed E-state index contributed by atoms with van der Waals surface area (Å²) in [5.41, 5.74) is 8.28. The van der Waals surface area contributed by atoms with Gasteiger partial charge >= 0.3 is 0 Å². The topological polar surface area (TPSA) is 75.3 Å². The average Bonchev–Trinajstić information content (AvgIpc) is 2.38. The first-order valence-corrected chi connectivity index (χ1v) is 6.48. The number of anilines is 1. The molecule has 0 heterocycles. The van der Waals surface area contributed by atoms with Gasteiger partial charge in [-0.25, -0.2) is 0 Å². The molecule has 1 atom stereocenters. The van der Waals surface area contributed by atoms with Crippen LogP contribution in [0, 0.1) is 0 Å². The molecule has 2 rings (SSSR count). The van der Waals surface area contributed by atoms with Crippen molar-refractivity contribution in [2.45, 2.75) is 19.4 Å². The first-order valence-electron chi connectivity index (χ1n) is 6.48. The summed E-state index contributed by atoms with van der Waals surface area (Å²) in [6.45, 7) is 1.90. The molecule has 0 fully saturated rings. The molecule has 0 aliphatic carbocycles. The second-order valence-electron chi connectivity index (χ2n) is 4.81. The first-order chi connectivity index (χ1) is 9.54. The zero-order chi connectivity index (χ0) is 14.5. The van der Waals surface area contributed by atoms with Gasteiger partial charge in [-0.15, -0.1) is 0 Å². The van der Waals surface area contributed by atoms with E-state index in [1.165, 1.54) is 0 Å². The Morgan fingerprint density at radius 3 is 2.70 bits per heavy atom. The number of benzene rings is 2. The van der Waals surface area contributed by atoms with Crippen molar-refractivity contribution < 1.29 is 9.90 Å². The number of amides is 1. The van der Waals surface area contributed by atoms with Gasteiger partial charge in [-0.05, 0) is 42.3 Å². The van der Waals surface area contributed by atoms with E-state index in [0.717, 1.165) is 16.8 Å². The minimum Gasteiger partial charge on any atom is -0.508 e. The summed E-state index contributed by atoms with van der Waals surface area (Å²) >= 11 is 0. The lowest BCUT2D eigenvalue weighted by atomic mass is 10.1. The van der Waals surface area contributed by atoms with E-state index in [1.807, 2.05) is 31.2 Å². The smallest absolute Gasteiger partial charge is 0.228 e. The van der Waals surface area contributed by atoms with Crippen LogP contribution in [0.25, 0.3) is 0 Å². The number of aromatic hydroxyl groups is 1. The summed E-state index contributed by atoms with van der Waals surface area (Å²) in [6.07, 6.45) is 0.219. The van der Waals surface area contributed by atoms with Gasteiger partial charge in [0.25, 0.3) is 0 Å². The van der Waals surface area contributed by atoms with Crippen LogP contribution >= 0.6 is 0 Å². The van der Waals surface area contributed by atoms with Crippen LogP contribution in [0.5, 0.6) is 5.75 Å². The van der Waals surface area contributed by atoms with Crippen LogP contribution < -0.4 is 11.1 Å². The van der Waals surface area contributed by atoms with Crippen LogP contribution in [0.2, 0.25) is 0 Å². The number of carbonyl (C=O) groups is 1. The minimum absolute atomic E-state index is 0.0714. The van der Waals surface area contributed by atoms with Crippen LogP contribution in [0.3, 0.4) is 0 Å². The molecule has 0 spiro atoms. The van der Waals surface area contributed by atoms with E-state index >= 15 is 0 Å². The van der Waals surface area contributed by atoms with E-state index < -0.39 is 0 Å². The molecule has 4 N–H and O–H groups in total. The number of nitrogens with one attached hydrogen (secondary N) is 1. The van der Waals surface area contributed by atoms with Gasteiger partial charge in [-0.1, -0.05) is 24.3 Å². The van der Waals surface area contributed by atoms with Gasteiger partial charge in [0, 0.05) is 11.7 Å². The lowest BCUT2D eigenvalue weighted by molar-refractivity contribution is -0.115. The van der Waals surface area contributed by atoms with E-state index in [1.54, 1.807) is 24.3 Å². The molecule has 0 aromatic heterocycles. The molecule has 0 aliphatic heterocycles. The third kappa shape index (κ3) is 3.83. The SMILES string of the molecule is CC(N)c1cccc(NC(=O)Cc2cccc(O)c2)c1. The molecule has 0 bridgehead atoms. The van der Waals surface area contributed by atoms with Crippen LogP contribution in [0.15, 0.2) is 48.5 Å². The van der Waals surface area contributed by atoms with Crippen molar-refractivity contribution in [3.8, 4) is 5.75 Å². The molecule has 2 aromatic rings. The quantitative estimate of drug-likeness (QED) is 0.799. The summed E-state index contributed by atoms with van der Waals surface area (Å²) in [5, 5.41) is 12.2. The fourth-order valence-corrected chi connectivity index (χ4v) is 1.96. The van der Waals surface area contributed by atoms with Gasteiger partial charge in [-0.3, -0.25) is 4.79 Å². The second-order valence-corrected chi connectivity index (χ2v) is 4.81. The molecule has 4 heteroatoms. The number of phenolic OH excluding ortho intramolecular Hbond substituents is 1. The van der Waals surface area contributed by atoms with Gasteiger partial charge < -0.3 is 16.2 Å². The maximum Gasteiger partial charge on any atom is 0.228 e. The van der Waals surface area contributed by atoms with Crippen LogP contribution in [-0.4, -0.2) is 11.0 Å². The second kappa shape index (κ2) is 6.21. The lowest BCUT2D eigenvalue weighted by Gasteiger charge is -2.09. The highest BCUT2D eigenvalue weighted by Crippen LogP contribution is 2.16. The number of hydrogen-bond acceptors (Lipinski definition) is 3. The minimum atomic E-state index is -0.127. The zero-order valence-electron chi connectivity index (χ0n) is 11.3. The predicted molar refractivity (Wildman–Crippen MR) is 79.5 cm³/mol. The van der Waals surface area contributed by atoms with Crippen molar-refractivity contribution in [2.24, 2.45) is 5.73 Å². The molecular weight excluding hydrogens is 252 g/mol. The van der Waals surface area contributed by atoms with Crippen molar-refractivity contribution in [1.82, 2.24) is 0 Å². The van der Waals surface area contributed by atoms with Gasteiger partial charge in [0.15, 0.2) is 0 Å². The number of phenols is 1. The van der Waals surface area contributed by atoms with E-state index in [4.69, 9.17) is 5.73 Å². The number of nitrogens with two attached hydrogens (primary N) is 1. The highest BCUT2D eigenvalue weighted by Gasteiger charge is 2.06. The standard InChI is InChI=1S/C16H18N2O2/c1-11(17)13-5-3-6-14(10-13)18-16(20)9-12-4-2-7-15(19)8-12/h2-8,10-11,19H,9,17H2,1H3,(H,18,20). The zero-order valence-corrected chi connectivity index (χ0v) is 11.3. The Kier molecular flexibility index (Phi) is 4.38. The molecule has 4 nitrogen and oxygen atoms in total. The van der Waals surface area contributed by atoms with Crippen molar-refractivity contribution in [3.05, 3.63) is 59.7 Å². The summed E-state index contributed by atoms with van der Waals surface area (Å²) < 4.78 is 0. The fourth-order valence-electron chi connectivity index (χ4n) is 1.96. The first kappa shape index (κ1) is 14.1. The molecule has 0 saturated heterocycles. The van der Waals surface area contributed by atoms with E-state index in [0.29, 0.717) is 0 Å². The Balaban J connectivity index is 2.03. The normalized spacial score (nSPS) is 11.9. The number of rotatable bonds is 4. The molecule has 0 radical (unpaired) electrons. The van der Waals surface area contributed by atoms with Gasteiger partial charge in [0.05, 0.1) is 6.42 Å². The van der Waals surface area contributed by atoms with E-state index in [-0.39, 0.29) is 24.1 Å². The number of carbonyl (C=O) groups excluding carboxylic acids is 1. The molecule has 2 aromatic carbocycles. The van der Waals surface area contributed by atoms with Crippen molar-refractivity contribution >= 4 is 11.6 Å². The third-order valence-electron chi connectivity index (χ3n) is 2.97. The van der Waals surface area contributed by atoms with E-state index in [9.17, 15) is 9.90 Å². The van der Waals surface area contributed by atoms with Gasteiger partial charge in [0.1, 0.15) is 5.75 Å². The van der Waals surface area contributed by atoms with Gasteiger partial charge in [0.2, 0.25) is 5.91 Å². The lowest BCUT2D eigenvalue weighted by Crippen LogP contribution is -2.15. The Hall–Kier alpha value is -2.33. The third-order valence-corrected chi connectivity index (χ3v) is 2.97. The maximum atomic E-state index is 12.0. The summed E-state index contributed by atoms with van der Waals surface area (Å²) in [5.74, 6) is 0.0340. The molecule has 1 amide bonds. The molecule has 0 aliphatic rings. The Morgan fingerprint density at radius 2 is 2.00 bits per heavy atom. The number of hydrogen-bond donors (Lipinski definition) is 3. The molecule has 0 saturated carbocycles. The van der Waals surface area contributed by atoms with Gasteiger partial charge in [-0.2, -0.15) is 0 Å². The Bertz CT molecular complexity index is 609. The summed E-state index contributed by atoms with van der Waals surface area (Å²) in [6, 6.07) is 14.1. The summed E-state index contributed by atoms with van der Waals surface area (Å²) in [7, 11) is 0. The fraction of sp³-hybridized carbons (Fsp3) is 0.188. The van der Waals surface area contributed by atoms with Crippen LogP contribution in [0.1, 0.15) is 24.1 Å². The monoisotopic (exact) mass is 270 g/mol. The predicted octanol–water partition coefficient (Wildman–Crippen LogP) is 2.59. The van der Waals surface area contributed by atoms with Crippen molar-refractivity contribution in [2.75, 3.05) is 5.32 Å². The molecule has 20 heavy (non-hydrogen) atoms. The molecular formula is C16H18N2O2. The highest BCUT2D eigenvalue weighted by atomic mass is 16.3. The molecule has 104 valence electrons. The van der Waals surface area contributed by atoms with Crippen molar-refractivity contribution in [1.29, 1.82) is 0 Å². The maximum absolute atomic E-state index is 12.0. The van der Waals surface area contributed by atoms with Crippen molar-refractivity contribution in [3.63, 3.8) is 0 Å².